The lowest BCUT2D eigenvalue weighted by molar-refractivity contribution is 0.334. The fourth-order valence-corrected chi connectivity index (χ4v) is 4.91. The normalized spacial score (nSPS) is 22.1. The van der Waals surface area contributed by atoms with Crippen LogP contribution in [-0.2, 0) is 11.2 Å². The highest BCUT2D eigenvalue weighted by molar-refractivity contribution is 7.11. The molecule has 0 aromatic carbocycles. The third kappa shape index (κ3) is 9.09. The molecule has 0 spiro atoms. The maximum atomic E-state index is 5.02. The number of rotatable bonds is 8. The van der Waals surface area contributed by atoms with Gasteiger partial charge in [0.2, 0.25) is 0 Å². The first-order valence-corrected chi connectivity index (χ1v) is 11.8. The molecule has 1 aliphatic rings. The van der Waals surface area contributed by atoms with Crippen LogP contribution in [0.3, 0.4) is 0 Å². The summed E-state index contributed by atoms with van der Waals surface area (Å²) in [4.78, 5) is 3.04. The summed E-state index contributed by atoms with van der Waals surface area (Å²) in [5, 5.41) is 0. The molecule has 0 N–H and O–H groups in total. The largest absolute Gasteiger partial charge is 0.408 e. The predicted molar refractivity (Wildman–Crippen MR) is 130 cm³/mol. The van der Waals surface area contributed by atoms with E-state index in [1.54, 1.807) is 11.0 Å². The number of hydrogen-bond acceptors (Lipinski definition) is 2. The van der Waals surface area contributed by atoms with Gasteiger partial charge < -0.3 is 4.74 Å². The third-order valence-corrected chi connectivity index (χ3v) is 7.18. The fraction of sp³-hybridized carbons (Fsp3) is 0.556. The van der Waals surface area contributed by atoms with Crippen molar-refractivity contribution >= 4 is 11.3 Å². The molecule has 2 rings (SSSR count). The SMILES string of the molecule is C#CO/C(C=C)=C/C(=C\C)C(C)C.Cc1ccc(CCC[C@H]2CCC(C)C2C)s1. The molecule has 0 aliphatic heterocycles. The van der Waals surface area contributed by atoms with Crippen LogP contribution in [-0.4, -0.2) is 0 Å². The first-order valence-electron chi connectivity index (χ1n) is 11.0. The van der Waals surface area contributed by atoms with Gasteiger partial charge >= 0.3 is 0 Å². The van der Waals surface area contributed by atoms with Crippen LogP contribution in [0.4, 0.5) is 0 Å². The Morgan fingerprint density at radius 1 is 1.34 bits per heavy atom. The van der Waals surface area contributed by atoms with Crippen LogP contribution in [0.2, 0.25) is 0 Å². The van der Waals surface area contributed by atoms with Crippen LogP contribution >= 0.6 is 11.3 Å². The Labute approximate surface area is 184 Å². The van der Waals surface area contributed by atoms with E-state index in [-0.39, 0.29) is 0 Å². The first kappa shape index (κ1) is 25.3. The van der Waals surface area contributed by atoms with Gasteiger partial charge in [-0.2, -0.15) is 0 Å². The van der Waals surface area contributed by atoms with Crippen LogP contribution in [0, 0.1) is 43.1 Å². The van der Waals surface area contributed by atoms with Gasteiger partial charge in [0, 0.05) is 9.75 Å². The fourth-order valence-electron chi connectivity index (χ4n) is 3.98. The molecule has 1 fully saturated rings. The van der Waals surface area contributed by atoms with Gasteiger partial charge in [-0.1, -0.05) is 53.2 Å². The molecular formula is C27H40OS. The lowest BCUT2D eigenvalue weighted by Gasteiger charge is -2.17. The Kier molecular flexibility index (Phi) is 11.8. The topological polar surface area (TPSA) is 9.23 Å². The summed E-state index contributed by atoms with van der Waals surface area (Å²) in [6.07, 6.45) is 19.8. The number of thiophene rings is 1. The molecule has 29 heavy (non-hydrogen) atoms. The predicted octanol–water partition coefficient (Wildman–Crippen LogP) is 8.33. The van der Waals surface area contributed by atoms with Crippen LogP contribution in [0.1, 0.15) is 70.1 Å². The van der Waals surface area contributed by atoms with Gasteiger partial charge in [0.25, 0.3) is 0 Å². The average molecular weight is 413 g/mol. The number of terminal acetylenes is 1. The van der Waals surface area contributed by atoms with Crippen LogP contribution in [0.15, 0.2) is 48.3 Å². The summed E-state index contributed by atoms with van der Waals surface area (Å²) >= 11 is 1.97. The standard InChI is InChI=1S/C15H24S.C12H16O/c1-11-7-9-14(13(11)3)5-4-6-15-10-8-12(2)16-15;1-6-11(10(4)5)9-12(7-2)13-8-3/h8,10-11,13-14H,4-7,9H2,1-3H3;3,6-7,9-10H,2H2,1,4-5H3/b;11-6+,12-9+/t11?,13?,14-;/m0./s1. The highest BCUT2D eigenvalue weighted by Gasteiger charge is 2.28. The summed E-state index contributed by atoms with van der Waals surface area (Å²) in [6.45, 7) is 16.9. The lowest BCUT2D eigenvalue weighted by Crippen LogP contribution is -2.08. The maximum absolute atomic E-state index is 5.02. The second-order valence-corrected chi connectivity index (χ2v) is 9.86. The van der Waals surface area contributed by atoms with Gasteiger partial charge in [-0.05, 0) is 93.1 Å². The van der Waals surface area contributed by atoms with Gasteiger partial charge in [0.1, 0.15) is 11.9 Å². The van der Waals surface area contributed by atoms with E-state index in [0.717, 1.165) is 17.8 Å². The van der Waals surface area contributed by atoms with Crippen LogP contribution < -0.4 is 0 Å². The van der Waals surface area contributed by atoms with Gasteiger partial charge in [0.15, 0.2) is 0 Å². The monoisotopic (exact) mass is 412 g/mol. The van der Waals surface area contributed by atoms with E-state index in [4.69, 9.17) is 11.2 Å². The van der Waals surface area contributed by atoms with Crippen molar-refractivity contribution in [3.63, 3.8) is 0 Å². The Morgan fingerprint density at radius 2 is 2.07 bits per heavy atom. The summed E-state index contributed by atoms with van der Waals surface area (Å²) < 4.78 is 4.90. The number of aryl methyl sites for hydroxylation is 2. The first-order chi connectivity index (χ1) is 13.8. The molecule has 3 atom stereocenters. The molecule has 160 valence electrons. The molecule has 1 heterocycles. The van der Waals surface area contributed by atoms with E-state index < -0.39 is 0 Å². The van der Waals surface area contributed by atoms with Gasteiger partial charge in [-0.3, -0.25) is 0 Å². The van der Waals surface area contributed by atoms with E-state index in [2.05, 4.69) is 59.4 Å². The Balaban J connectivity index is 0.000000298. The second kappa shape index (κ2) is 13.5. The Bertz CT molecular complexity index is 713. The molecule has 2 unspecified atom stereocenters. The van der Waals surface area contributed by atoms with Gasteiger partial charge in [-0.15, -0.1) is 11.3 Å². The minimum absolute atomic E-state index is 0.460. The molecule has 1 saturated carbocycles. The van der Waals surface area contributed by atoms with Crippen molar-refractivity contribution in [1.29, 1.82) is 0 Å². The third-order valence-electron chi connectivity index (χ3n) is 6.11. The maximum Gasteiger partial charge on any atom is 0.139 e. The summed E-state index contributed by atoms with van der Waals surface area (Å²) in [7, 11) is 0. The molecule has 0 bridgehead atoms. The quantitative estimate of drug-likeness (QED) is 0.237. The molecule has 0 radical (unpaired) electrons. The van der Waals surface area contributed by atoms with Crippen molar-refractivity contribution < 1.29 is 4.74 Å². The van der Waals surface area contributed by atoms with E-state index in [1.807, 2.05) is 30.4 Å². The minimum Gasteiger partial charge on any atom is -0.408 e. The highest BCUT2D eigenvalue weighted by Crippen LogP contribution is 2.39. The summed E-state index contributed by atoms with van der Waals surface area (Å²) in [6, 6.07) is 4.56. The number of allylic oxidation sites excluding steroid dienone is 4. The number of ether oxygens (including phenoxy) is 1. The van der Waals surface area contributed by atoms with Crippen molar-refractivity contribution in [1.82, 2.24) is 0 Å². The van der Waals surface area contributed by atoms with Crippen molar-refractivity contribution in [2.75, 3.05) is 0 Å². The molecule has 2 heteroatoms. The zero-order valence-electron chi connectivity index (χ0n) is 19.3. The van der Waals surface area contributed by atoms with Crippen molar-refractivity contribution in [2.24, 2.45) is 23.7 Å². The van der Waals surface area contributed by atoms with E-state index >= 15 is 0 Å². The lowest BCUT2D eigenvalue weighted by atomic mass is 9.89. The highest BCUT2D eigenvalue weighted by atomic mass is 32.1. The van der Waals surface area contributed by atoms with Crippen LogP contribution in [0.5, 0.6) is 0 Å². The van der Waals surface area contributed by atoms with Gasteiger partial charge in [0.05, 0.1) is 0 Å². The molecule has 0 saturated heterocycles. The summed E-state index contributed by atoms with van der Waals surface area (Å²) in [5.41, 5.74) is 1.19. The Hall–Kier alpha value is -1.72. The van der Waals surface area contributed by atoms with E-state index in [1.165, 1.54) is 42.6 Å². The van der Waals surface area contributed by atoms with Crippen molar-refractivity contribution in [2.45, 2.75) is 73.6 Å². The van der Waals surface area contributed by atoms with E-state index in [0.29, 0.717) is 11.7 Å². The molecule has 0 amide bonds. The number of hydrogen-bond donors (Lipinski definition) is 0. The molecule has 1 aromatic rings. The minimum atomic E-state index is 0.460. The van der Waals surface area contributed by atoms with Gasteiger partial charge in [-0.25, -0.2) is 0 Å². The average Bonchev–Trinajstić information content (AvgIpc) is 3.25. The molecule has 1 aliphatic carbocycles. The van der Waals surface area contributed by atoms with Crippen molar-refractivity contribution in [3.05, 3.63) is 58.0 Å². The molecule has 1 nitrogen and oxygen atoms in total. The zero-order chi connectivity index (χ0) is 21.8. The van der Waals surface area contributed by atoms with E-state index in [9.17, 15) is 0 Å². The summed E-state index contributed by atoms with van der Waals surface area (Å²) in [5.74, 6) is 4.01. The molecule has 1 aromatic heterocycles. The van der Waals surface area contributed by atoms with Crippen molar-refractivity contribution in [3.8, 4) is 12.5 Å². The smallest absolute Gasteiger partial charge is 0.139 e. The Morgan fingerprint density at radius 3 is 2.52 bits per heavy atom. The molecular weight excluding hydrogens is 372 g/mol. The second-order valence-electron chi connectivity index (χ2n) is 8.49. The zero-order valence-corrected chi connectivity index (χ0v) is 20.1. The van der Waals surface area contributed by atoms with Crippen LogP contribution in [0.25, 0.3) is 0 Å².